The monoisotopic (exact) mass is 321 g/mol. The predicted molar refractivity (Wildman–Crippen MR) is 90.9 cm³/mol. The smallest absolute Gasteiger partial charge is 0.335 e. The van der Waals surface area contributed by atoms with E-state index in [1.165, 1.54) is 0 Å². The second-order valence-corrected chi connectivity index (χ2v) is 5.58. The quantitative estimate of drug-likeness (QED) is 0.680. The second kappa shape index (κ2) is 6.12. The average Bonchev–Trinajstić information content (AvgIpc) is 2.53. The van der Waals surface area contributed by atoms with E-state index in [0.29, 0.717) is 10.6 Å². The Bertz CT molecular complexity index is 984. The number of benzene rings is 2. The van der Waals surface area contributed by atoms with Gasteiger partial charge in [-0.1, -0.05) is 29.5 Å². The van der Waals surface area contributed by atoms with Crippen LogP contribution in [0.15, 0.2) is 48.7 Å². The van der Waals surface area contributed by atoms with Gasteiger partial charge in [0.15, 0.2) is 0 Å². The van der Waals surface area contributed by atoms with Crippen molar-refractivity contribution in [1.29, 1.82) is 0 Å². The molecule has 0 atom stereocenters. The Labute approximate surface area is 138 Å². The maximum atomic E-state index is 11.0. The number of aryl methyl sites for hydroxylation is 1. The van der Waals surface area contributed by atoms with Crippen molar-refractivity contribution < 1.29 is 9.90 Å². The van der Waals surface area contributed by atoms with Crippen molar-refractivity contribution in [2.24, 2.45) is 0 Å². The second-order valence-electron chi connectivity index (χ2n) is 5.15. The molecule has 0 saturated carbocycles. The molecule has 1 heterocycles. The van der Waals surface area contributed by atoms with E-state index < -0.39 is 5.97 Å². The van der Waals surface area contributed by atoms with E-state index in [2.05, 4.69) is 16.8 Å². The summed E-state index contributed by atoms with van der Waals surface area (Å²) in [6.07, 6.45) is 1.69. The lowest BCUT2D eigenvalue weighted by molar-refractivity contribution is 0.0697. The predicted octanol–water partition coefficient (Wildman–Crippen LogP) is 4.29. The lowest BCUT2D eigenvalue weighted by Gasteiger charge is -2.00. The molecule has 0 spiro atoms. The van der Waals surface area contributed by atoms with Crippen molar-refractivity contribution in [3.8, 4) is 11.8 Å². The summed E-state index contributed by atoms with van der Waals surface area (Å²) < 4.78 is 0. The Morgan fingerprint density at radius 2 is 1.96 bits per heavy atom. The summed E-state index contributed by atoms with van der Waals surface area (Å²) in [6.45, 7) is 1.90. The maximum absolute atomic E-state index is 11.0. The van der Waals surface area contributed by atoms with Gasteiger partial charge in [-0.05, 0) is 48.9 Å². The number of carboxylic acid groups (broad SMARTS) is 1. The fraction of sp³-hybridized carbons (Fsp3) is 0.0526. The Balaban J connectivity index is 2.01. The molecule has 1 N–H and O–H groups in total. The van der Waals surface area contributed by atoms with Crippen molar-refractivity contribution in [3.63, 3.8) is 0 Å². The van der Waals surface area contributed by atoms with Crippen LogP contribution in [0.25, 0.3) is 10.9 Å². The largest absolute Gasteiger partial charge is 0.478 e. The average molecular weight is 322 g/mol. The van der Waals surface area contributed by atoms with Crippen LogP contribution in [0.3, 0.4) is 0 Å². The van der Waals surface area contributed by atoms with Crippen LogP contribution in [-0.2, 0) is 0 Å². The lowest BCUT2D eigenvalue weighted by Crippen LogP contribution is -1.97. The van der Waals surface area contributed by atoms with E-state index >= 15 is 0 Å². The van der Waals surface area contributed by atoms with Crippen molar-refractivity contribution in [2.45, 2.75) is 6.92 Å². The Morgan fingerprint density at radius 3 is 2.74 bits per heavy atom. The van der Waals surface area contributed by atoms with Crippen LogP contribution in [0.5, 0.6) is 0 Å². The molecule has 3 rings (SSSR count). The zero-order chi connectivity index (χ0) is 16.4. The molecule has 0 unspecified atom stereocenters. The van der Waals surface area contributed by atoms with Gasteiger partial charge < -0.3 is 5.11 Å². The van der Waals surface area contributed by atoms with Crippen LogP contribution < -0.4 is 0 Å². The zero-order valence-corrected chi connectivity index (χ0v) is 13.1. The van der Waals surface area contributed by atoms with Gasteiger partial charge in [-0.15, -0.1) is 0 Å². The molecule has 0 radical (unpaired) electrons. The number of carboxylic acids is 1. The standard InChI is InChI=1S/C19H12ClNO2/c1-12-2-4-15(19(22)23)9-14(12)5-3-13-8-16-10-17(20)6-7-18(16)21-11-13/h2,4,6-11H,1H3,(H,22,23). The Hall–Kier alpha value is -2.83. The molecule has 3 nitrogen and oxygen atoms in total. The van der Waals surface area contributed by atoms with Gasteiger partial charge in [-0.3, -0.25) is 4.98 Å². The molecule has 0 saturated heterocycles. The van der Waals surface area contributed by atoms with Gasteiger partial charge in [0.2, 0.25) is 0 Å². The first kappa shape index (κ1) is 15.1. The van der Waals surface area contributed by atoms with E-state index in [1.54, 1.807) is 30.5 Å². The van der Waals surface area contributed by atoms with Crippen LogP contribution in [0.4, 0.5) is 0 Å². The molecule has 112 valence electrons. The number of hydrogen-bond donors (Lipinski definition) is 1. The first-order valence-corrected chi connectivity index (χ1v) is 7.32. The summed E-state index contributed by atoms with van der Waals surface area (Å²) in [5.74, 6) is 5.09. The normalized spacial score (nSPS) is 10.2. The molecule has 0 bridgehead atoms. The van der Waals surface area contributed by atoms with Crippen LogP contribution in [-0.4, -0.2) is 16.1 Å². The number of hydrogen-bond acceptors (Lipinski definition) is 2. The maximum Gasteiger partial charge on any atom is 0.335 e. The van der Waals surface area contributed by atoms with Crippen LogP contribution in [0, 0.1) is 18.8 Å². The minimum absolute atomic E-state index is 0.225. The molecule has 0 amide bonds. The van der Waals surface area contributed by atoms with Crippen molar-refractivity contribution >= 4 is 28.5 Å². The van der Waals surface area contributed by atoms with Gasteiger partial charge in [-0.2, -0.15) is 0 Å². The van der Waals surface area contributed by atoms with Gasteiger partial charge in [-0.25, -0.2) is 4.79 Å². The highest BCUT2D eigenvalue weighted by molar-refractivity contribution is 6.31. The highest BCUT2D eigenvalue weighted by atomic mass is 35.5. The number of nitrogens with zero attached hydrogens (tertiary/aromatic N) is 1. The molecule has 0 fully saturated rings. The van der Waals surface area contributed by atoms with Crippen molar-refractivity contribution in [3.05, 3.63) is 75.9 Å². The first-order chi connectivity index (χ1) is 11.0. The summed E-state index contributed by atoms with van der Waals surface area (Å²) in [5.41, 5.74) is 3.45. The van der Waals surface area contributed by atoms with Crippen molar-refractivity contribution in [2.75, 3.05) is 0 Å². The number of halogens is 1. The summed E-state index contributed by atoms with van der Waals surface area (Å²) in [4.78, 5) is 15.4. The fourth-order valence-electron chi connectivity index (χ4n) is 2.20. The third kappa shape index (κ3) is 3.33. The molecule has 4 heteroatoms. The zero-order valence-electron chi connectivity index (χ0n) is 12.3. The third-order valence-corrected chi connectivity index (χ3v) is 3.70. The third-order valence-electron chi connectivity index (χ3n) is 3.47. The summed E-state index contributed by atoms with van der Waals surface area (Å²) in [5, 5.41) is 10.6. The molecule has 0 aliphatic heterocycles. The molecular formula is C19H12ClNO2. The number of aromatic nitrogens is 1. The highest BCUT2D eigenvalue weighted by Gasteiger charge is 2.04. The lowest BCUT2D eigenvalue weighted by atomic mass is 10.0. The molecule has 1 aromatic heterocycles. The molecule has 23 heavy (non-hydrogen) atoms. The summed E-state index contributed by atoms with van der Waals surface area (Å²) in [7, 11) is 0. The summed E-state index contributed by atoms with van der Waals surface area (Å²) in [6, 6.07) is 12.3. The van der Waals surface area contributed by atoms with E-state index in [1.807, 2.05) is 25.1 Å². The molecule has 3 aromatic rings. The SMILES string of the molecule is Cc1ccc(C(=O)O)cc1C#Cc1cnc2ccc(Cl)cc2c1. The van der Waals surface area contributed by atoms with Gasteiger partial charge in [0.1, 0.15) is 0 Å². The number of fused-ring (bicyclic) bond motifs is 1. The van der Waals surface area contributed by atoms with Crippen LogP contribution >= 0.6 is 11.6 Å². The van der Waals surface area contributed by atoms with E-state index in [0.717, 1.165) is 22.0 Å². The van der Waals surface area contributed by atoms with Crippen LogP contribution in [0.1, 0.15) is 27.0 Å². The van der Waals surface area contributed by atoms with Crippen LogP contribution in [0.2, 0.25) is 5.02 Å². The molecular weight excluding hydrogens is 310 g/mol. The van der Waals surface area contributed by atoms with E-state index in [-0.39, 0.29) is 5.56 Å². The summed E-state index contributed by atoms with van der Waals surface area (Å²) >= 11 is 5.99. The minimum Gasteiger partial charge on any atom is -0.478 e. The highest BCUT2D eigenvalue weighted by Crippen LogP contribution is 2.18. The van der Waals surface area contributed by atoms with Gasteiger partial charge >= 0.3 is 5.97 Å². The number of rotatable bonds is 1. The van der Waals surface area contributed by atoms with E-state index in [9.17, 15) is 4.79 Å². The number of pyridine rings is 1. The number of aromatic carboxylic acids is 1. The molecule has 0 aliphatic carbocycles. The van der Waals surface area contributed by atoms with Crippen molar-refractivity contribution in [1.82, 2.24) is 4.98 Å². The van der Waals surface area contributed by atoms with E-state index in [4.69, 9.17) is 16.7 Å². The van der Waals surface area contributed by atoms with Gasteiger partial charge in [0, 0.05) is 27.7 Å². The molecule has 2 aromatic carbocycles. The topological polar surface area (TPSA) is 50.2 Å². The Kier molecular flexibility index (Phi) is 4.01. The Morgan fingerprint density at radius 1 is 1.13 bits per heavy atom. The number of carbonyl (C=O) groups is 1. The van der Waals surface area contributed by atoms with Gasteiger partial charge in [0.05, 0.1) is 11.1 Å². The fourth-order valence-corrected chi connectivity index (χ4v) is 2.38. The van der Waals surface area contributed by atoms with Gasteiger partial charge in [0.25, 0.3) is 0 Å². The first-order valence-electron chi connectivity index (χ1n) is 6.94. The minimum atomic E-state index is -0.963. The molecule has 0 aliphatic rings.